The number of halogens is 1. The maximum Gasteiger partial charge on any atom is 0.191 e. The third-order valence-electron chi connectivity index (χ3n) is 3.00. The van der Waals surface area contributed by atoms with Crippen molar-refractivity contribution in [2.45, 2.75) is 19.4 Å². The van der Waals surface area contributed by atoms with Gasteiger partial charge >= 0.3 is 0 Å². The molecule has 0 aliphatic carbocycles. The lowest BCUT2D eigenvalue weighted by atomic mass is 10.3. The molecule has 0 heterocycles. The van der Waals surface area contributed by atoms with Gasteiger partial charge in [-0.2, -0.15) is 0 Å². The normalized spacial score (nSPS) is 12.1. The average molecular weight is 437 g/mol. The molecule has 0 radical (unpaired) electrons. The van der Waals surface area contributed by atoms with E-state index in [1.54, 1.807) is 21.3 Å². The van der Waals surface area contributed by atoms with Crippen molar-refractivity contribution in [2.24, 2.45) is 4.99 Å². The lowest BCUT2D eigenvalue weighted by molar-refractivity contribution is 0.195. The molecule has 0 aromatic heterocycles. The third-order valence-corrected chi connectivity index (χ3v) is 3.00. The van der Waals surface area contributed by atoms with E-state index in [1.807, 2.05) is 31.2 Å². The van der Waals surface area contributed by atoms with Gasteiger partial charge in [-0.3, -0.25) is 4.99 Å². The zero-order valence-electron chi connectivity index (χ0n) is 14.3. The van der Waals surface area contributed by atoms with E-state index in [0.717, 1.165) is 37.0 Å². The zero-order chi connectivity index (χ0) is 16.2. The van der Waals surface area contributed by atoms with Crippen LogP contribution in [0, 0.1) is 0 Å². The van der Waals surface area contributed by atoms with Crippen molar-refractivity contribution in [3.63, 3.8) is 0 Å². The Kier molecular flexibility index (Phi) is 12.5. The Hall–Kier alpha value is -1.22. The number of methoxy groups -OCH3 is 2. The van der Waals surface area contributed by atoms with Gasteiger partial charge in [-0.05, 0) is 25.5 Å². The van der Waals surface area contributed by atoms with Gasteiger partial charge in [0.1, 0.15) is 6.10 Å². The fourth-order valence-corrected chi connectivity index (χ4v) is 1.86. The highest BCUT2D eigenvalue weighted by Crippen LogP contribution is 2.26. The number of hydrogen-bond acceptors (Lipinski definition) is 4. The summed E-state index contributed by atoms with van der Waals surface area (Å²) in [5, 5.41) is 6.46. The van der Waals surface area contributed by atoms with Gasteiger partial charge in [-0.25, -0.2) is 0 Å². The number of nitrogens with zero attached hydrogens (tertiary/aromatic N) is 1. The van der Waals surface area contributed by atoms with Gasteiger partial charge in [-0.15, -0.1) is 24.0 Å². The number of aliphatic imine (C=N–C) groups is 1. The minimum atomic E-state index is -0.0196. The minimum absolute atomic E-state index is 0. The molecule has 1 atom stereocenters. The van der Waals surface area contributed by atoms with Crippen LogP contribution in [0.3, 0.4) is 0 Å². The van der Waals surface area contributed by atoms with Crippen LogP contribution in [0.15, 0.2) is 29.3 Å². The van der Waals surface area contributed by atoms with Gasteiger partial charge < -0.3 is 24.8 Å². The van der Waals surface area contributed by atoms with Crippen LogP contribution in [0.4, 0.5) is 0 Å². The highest BCUT2D eigenvalue weighted by atomic mass is 127. The van der Waals surface area contributed by atoms with Crippen molar-refractivity contribution in [3.05, 3.63) is 24.3 Å². The summed E-state index contributed by atoms with van der Waals surface area (Å²) < 4.78 is 16.2. The molecule has 0 bridgehead atoms. The maximum atomic E-state index is 5.88. The van der Waals surface area contributed by atoms with Crippen LogP contribution in [0.1, 0.15) is 13.3 Å². The van der Waals surface area contributed by atoms with E-state index < -0.39 is 0 Å². The van der Waals surface area contributed by atoms with Crippen LogP contribution in [0.2, 0.25) is 0 Å². The largest absolute Gasteiger partial charge is 0.493 e. The summed E-state index contributed by atoms with van der Waals surface area (Å²) in [6, 6.07) is 7.62. The summed E-state index contributed by atoms with van der Waals surface area (Å²) in [6.45, 7) is 4.19. The molecule has 0 aliphatic heterocycles. The van der Waals surface area contributed by atoms with Gasteiger partial charge in [0.05, 0.1) is 13.7 Å². The molecule has 1 unspecified atom stereocenters. The highest BCUT2D eigenvalue weighted by molar-refractivity contribution is 14.0. The van der Waals surface area contributed by atoms with Crippen LogP contribution in [-0.2, 0) is 4.74 Å². The first-order valence-electron chi connectivity index (χ1n) is 7.44. The number of guanidine groups is 1. The molecule has 7 heteroatoms. The molecule has 0 spiro atoms. The van der Waals surface area contributed by atoms with Crippen molar-refractivity contribution in [1.82, 2.24) is 10.6 Å². The quantitative estimate of drug-likeness (QED) is 0.269. The molecule has 1 rings (SSSR count). The smallest absolute Gasteiger partial charge is 0.191 e. The number of benzene rings is 1. The Morgan fingerprint density at radius 2 is 1.87 bits per heavy atom. The summed E-state index contributed by atoms with van der Waals surface area (Å²) in [4.78, 5) is 4.17. The lowest BCUT2D eigenvalue weighted by Crippen LogP contribution is -2.42. The molecule has 132 valence electrons. The molecule has 0 amide bonds. The van der Waals surface area contributed by atoms with Gasteiger partial charge in [0, 0.05) is 27.3 Å². The predicted molar refractivity (Wildman–Crippen MR) is 104 cm³/mol. The van der Waals surface area contributed by atoms with E-state index >= 15 is 0 Å². The van der Waals surface area contributed by atoms with E-state index in [4.69, 9.17) is 14.2 Å². The molecular formula is C16H28IN3O3. The molecule has 0 aliphatic rings. The predicted octanol–water partition coefficient (Wildman–Crippen LogP) is 2.28. The Morgan fingerprint density at radius 1 is 1.17 bits per heavy atom. The Morgan fingerprint density at radius 3 is 2.48 bits per heavy atom. The van der Waals surface area contributed by atoms with Crippen molar-refractivity contribution < 1.29 is 14.2 Å². The van der Waals surface area contributed by atoms with Crippen molar-refractivity contribution >= 4 is 29.9 Å². The number of ether oxygens (including phenoxy) is 3. The minimum Gasteiger partial charge on any atom is -0.493 e. The first-order chi connectivity index (χ1) is 10.7. The number of para-hydroxylation sites is 2. The van der Waals surface area contributed by atoms with Gasteiger partial charge in [-0.1, -0.05) is 12.1 Å². The first kappa shape index (κ1) is 21.8. The summed E-state index contributed by atoms with van der Waals surface area (Å²) in [7, 11) is 5.08. The second-order valence-electron chi connectivity index (χ2n) is 4.81. The highest BCUT2D eigenvalue weighted by Gasteiger charge is 2.09. The average Bonchev–Trinajstić information content (AvgIpc) is 2.54. The fraction of sp³-hybridized carbons (Fsp3) is 0.562. The first-order valence-corrected chi connectivity index (χ1v) is 7.44. The van der Waals surface area contributed by atoms with E-state index in [9.17, 15) is 0 Å². The Labute approximate surface area is 156 Å². The standard InChI is InChI=1S/C16H27N3O3.HI/c1-13(22-15-9-6-5-8-14(15)21-4)12-19-16(17-2)18-10-7-11-20-3;/h5-6,8-9,13H,7,10-12H2,1-4H3,(H2,17,18,19);1H. The Balaban J connectivity index is 0.00000484. The topological polar surface area (TPSA) is 64.1 Å². The maximum absolute atomic E-state index is 5.88. The molecule has 1 aromatic rings. The fourth-order valence-electron chi connectivity index (χ4n) is 1.86. The van der Waals surface area contributed by atoms with E-state index in [1.165, 1.54) is 0 Å². The lowest BCUT2D eigenvalue weighted by Gasteiger charge is -2.19. The van der Waals surface area contributed by atoms with Crippen molar-refractivity contribution in [1.29, 1.82) is 0 Å². The van der Waals surface area contributed by atoms with Crippen LogP contribution in [-0.4, -0.2) is 53.0 Å². The number of rotatable bonds is 9. The summed E-state index contributed by atoms with van der Waals surface area (Å²) >= 11 is 0. The molecule has 0 saturated heterocycles. The van der Waals surface area contributed by atoms with E-state index in [-0.39, 0.29) is 30.1 Å². The van der Waals surface area contributed by atoms with E-state index in [2.05, 4.69) is 15.6 Å². The summed E-state index contributed by atoms with van der Waals surface area (Å²) in [6.07, 6.45) is 0.915. The molecule has 0 fully saturated rings. The Bertz CT molecular complexity index is 458. The van der Waals surface area contributed by atoms with Gasteiger partial charge in [0.15, 0.2) is 17.5 Å². The van der Waals surface area contributed by atoms with Crippen molar-refractivity contribution in [3.8, 4) is 11.5 Å². The second kappa shape index (κ2) is 13.2. The second-order valence-corrected chi connectivity index (χ2v) is 4.81. The summed E-state index contributed by atoms with van der Waals surface area (Å²) in [5.74, 6) is 2.23. The van der Waals surface area contributed by atoms with E-state index in [0.29, 0.717) is 6.54 Å². The van der Waals surface area contributed by atoms with Crippen LogP contribution < -0.4 is 20.1 Å². The molecule has 23 heavy (non-hydrogen) atoms. The number of hydrogen-bond donors (Lipinski definition) is 2. The zero-order valence-corrected chi connectivity index (χ0v) is 16.6. The third kappa shape index (κ3) is 8.85. The molecule has 1 aromatic carbocycles. The van der Waals surface area contributed by atoms with Gasteiger partial charge in [0.25, 0.3) is 0 Å². The van der Waals surface area contributed by atoms with Crippen LogP contribution in [0.25, 0.3) is 0 Å². The molecule has 2 N–H and O–H groups in total. The van der Waals surface area contributed by atoms with Crippen LogP contribution in [0.5, 0.6) is 11.5 Å². The number of nitrogens with one attached hydrogen (secondary N) is 2. The van der Waals surface area contributed by atoms with Crippen molar-refractivity contribution in [2.75, 3.05) is 41.0 Å². The van der Waals surface area contributed by atoms with Gasteiger partial charge in [0.2, 0.25) is 0 Å². The molecule has 0 saturated carbocycles. The SMILES string of the molecule is CN=C(NCCCOC)NCC(C)Oc1ccccc1OC.I. The monoisotopic (exact) mass is 437 g/mol. The molecular weight excluding hydrogens is 409 g/mol. The van der Waals surface area contributed by atoms with Crippen LogP contribution >= 0.6 is 24.0 Å². The summed E-state index contributed by atoms with van der Waals surface area (Å²) in [5.41, 5.74) is 0. The molecule has 6 nitrogen and oxygen atoms in total.